The van der Waals surface area contributed by atoms with Crippen molar-refractivity contribution in [3.8, 4) is 5.75 Å². The Morgan fingerprint density at radius 1 is 1.03 bits per heavy atom. The van der Waals surface area contributed by atoms with Crippen molar-refractivity contribution in [2.75, 3.05) is 25.5 Å². The van der Waals surface area contributed by atoms with Gasteiger partial charge in [-0.05, 0) is 68.5 Å². The van der Waals surface area contributed by atoms with E-state index in [-0.39, 0.29) is 11.9 Å². The van der Waals surface area contributed by atoms with E-state index < -0.39 is 0 Å². The van der Waals surface area contributed by atoms with Crippen molar-refractivity contribution in [3.05, 3.63) is 59.2 Å². The molecule has 1 aliphatic rings. The van der Waals surface area contributed by atoms with E-state index >= 15 is 0 Å². The highest BCUT2D eigenvalue weighted by Crippen LogP contribution is 2.30. The molecule has 4 nitrogen and oxygen atoms in total. The van der Waals surface area contributed by atoms with Gasteiger partial charge in [-0.25, -0.2) is 0 Å². The van der Waals surface area contributed by atoms with Gasteiger partial charge in [-0.1, -0.05) is 25.1 Å². The molecule has 0 aliphatic carbocycles. The van der Waals surface area contributed by atoms with Crippen LogP contribution in [0, 0.1) is 13.8 Å². The van der Waals surface area contributed by atoms with Gasteiger partial charge in [0.05, 0.1) is 20.2 Å². The Balaban J connectivity index is 1.87. The smallest absolute Gasteiger partial charge is 0.282 e. The van der Waals surface area contributed by atoms with Crippen molar-refractivity contribution < 1.29 is 14.0 Å². The number of carbonyl (C=O) groups excluding carboxylic acids is 1. The first kappa shape index (κ1) is 21.4. The minimum atomic E-state index is -0.0450. The SMILES string of the molecule is CCC(C(=O)Nc1c(C)cccc1C)[N+]1(Cc2ccc(OC)cc2)CCCCC1. The third kappa shape index (κ3) is 4.81. The Bertz CT molecular complexity index is 803. The number of para-hydroxylation sites is 1. The van der Waals surface area contributed by atoms with Crippen LogP contribution < -0.4 is 10.1 Å². The molecule has 1 aliphatic heterocycles. The highest BCUT2D eigenvalue weighted by atomic mass is 16.5. The number of piperidine rings is 1. The molecule has 29 heavy (non-hydrogen) atoms. The number of ether oxygens (including phenoxy) is 1. The second kappa shape index (κ2) is 9.45. The number of rotatable bonds is 7. The van der Waals surface area contributed by atoms with Gasteiger partial charge >= 0.3 is 0 Å². The van der Waals surface area contributed by atoms with E-state index in [0.717, 1.165) is 53.1 Å². The molecule has 3 rings (SSSR count). The number of benzene rings is 2. The van der Waals surface area contributed by atoms with E-state index in [0.29, 0.717) is 0 Å². The standard InChI is InChI=1S/C25H34N2O2/c1-5-23(25(28)26-24-19(2)10-9-11-20(24)3)27(16-7-6-8-17-27)18-21-12-14-22(29-4)15-13-21/h9-15,23H,5-8,16-18H2,1-4H3/p+1. The first-order valence-electron chi connectivity index (χ1n) is 10.8. The van der Waals surface area contributed by atoms with Gasteiger partial charge in [0.2, 0.25) is 0 Å². The summed E-state index contributed by atoms with van der Waals surface area (Å²) in [6.07, 6.45) is 4.47. The fraction of sp³-hybridized carbons (Fsp3) is 0.480. The normalized spacial score (nSPS) is 16.8. The molecule has 1 amide bonds. The van der Waals surface area contributed by atoms with Gasteiger partial charge in [0.25, 0.3) is 5.91 Å². The number of nitrogens with zero attached hydrogens (tertiary/aromatic N) is 1. The number of aryl methyl sites for hydroxylation is 2. The maximum absolute atomic E-state index is 13.5. The van der Waals surface area contributed by atoms with E-state index in [1.165, 1.54) is 24.8 Å². The second-order valence-corrected chi connectivity index (χ2v) is 8.41. The summed E-state index contributed by atoms with van der Waals surface area (Å²) >= 11 is 0. The lowest BCUT2D eigenvalue weighted by atomic mass is 9.98. The summed E-state index contributed by atoms with van der Waals surface area (Å²) in [5, 5.41) is 3.28. The van der Waals surface area contributed by atoms with Crippen LogP contribution in [0.5, 0.6) is 5.75 Å². The zero-order chi connectivity index (χ0) is 20.9. The molecule has 0 saturated carbocycles. The zero-order valence-electron chi connectivity index (χ0n) is 18.3. The monoisotopic (exact) mass is 395 g/mol. The van der Waals surface area contributed by atoms with Crippen molar-refractivity contribution in [1.29, 1.82) is 0 Å². The number of likely N-dealkylation sites (tertiary alicyclic amines) is 1. The van der Waals surface area contributed by atoms with Gasteiger partial charge in [0.1, 0.15) is 12.3 Å². The van der Waals surface area contributed by atoms with E-state index in [4.69, 9.17) is 4.74 Å². The molecule has 0 radical (unpaired) electrons. The van der Waals surface area contributed by atoms with E-state index in [1.54, 1.807) is 7.11 Å². The van der Waals surface area contributed by atoms with Crippen molar-refractivity contribution in [2.45, 2.75) is 59.0 Å². The topological polar surface area (TPSA) is 38.3 Å². The molecule has 4 heteroatoms. The number of hydrogen-bond acceptors (Lipinski definition) is 2. The van der Waals surface area contributed by atoms with Crippen molar-refractivity contribution in [2.24, 2.45) is 0 Å². The molecule has 2 aromatic rings. The number of amides is 1. The van der Waals surface area contributed by atoms with Gasteiger partial charge in [0, 0.05) is 17.7 Å². The Morgan fingerprint density at radius 2 is 1.66 bits per heavy atom. The summed E-state index contributed by atoms with van der Waals surface area (Å²) in [5.74, 6) is 1.03. The fourth-order valence-corrected chi connectivity index (χ4v) is 4.86. The van der Waals surface area contributed by atoms with E-state index in [2.05, 4.69) is 50.4 Å². The number of quaternary nitrogens is 1. The molecule has 1 saturated heterocycles. The molecule has 1 N–H and O–H groups in total. The summed E-state index contributed by atoms with van der Waals surface area (Å²) in [7, 11) is 1.69. The third-order valence-corrected chi connectivity index (χ3v) is 6.44. The van der Waals surface area contributed by atoms with Crippen LogP contribution in [0.15, 0.2) is 42.5 Å². The van der Waals surface area contributed by atoms with Crippen LogP contribution in [-0.4, -0.2) is 36.6 Å². The summed E-state index contributed by atoms with van der Waals surface area (Å²) < 4.78 is 6.16. The quantitative estimate of drug-likeness (QED) is 0.652. The maximum atomic E-state index is 13.5. The lowest BCUT2D eigenvalue weighted by Crippen LogP contribution is -2.61. The second-order valence-electron chi connectivity index (χ2n) is 8.41. The molecule has 1 fully saturated rings. The zero-order valence-corrected chi connectivity index (χ0v) is 18.3. The summed E-state index contributed by atoms with van der Waals surface area (Å²) in [6, 6.07) is 14.4. The van der Waals surface area contributed by atoms with Gasteiger partial charge in [0.15, 0.2) is 6.04 Å². The van der Waals surface area contributed by atoms with Crippen LogP contribution in [0.1, 0.15) is 49.3 Å². The van der Waals surface area contributed by atoms with Crippen LogP contribution in [-0.2, 0) is 11.3 Å². The molecule has 1 heterocycles. The van der Waals surface area contributed by atoms with Gasteiger partial charge in [-0.2, -0.15) is 0 Å². The first-order valence-corrected chi connectivity index (χ1v) is 10.8. The van der Waals surface area contributed by atoms with Crippen molar-refractivity contribution >= 4 is 11.6 Å². The molecule has 0 bridgehead atoms. The molecule has 2 aromatic carbocycles. The molecule has 1 atom stereocenters. The van der Waals surface area contributed by atoms with Gasteiger partial charge < -0.3 is 14.5 Å². The fourth-order valence-electron chi connectivity index (χ4n) is 4.86. The Hall–Kier alpha value is -2.33. The number of hydrogen-bond donors (Lipinski definition) is 1. The molecule has 156 valence electrons. The maximum Gasteiger partial charge on any atom is 0.282 e. The average molecular weight is 396 g/mol. The molecular formula is C25H35N2O2+. The first-order chi connectivity index (χ1) is 14.0. The minimum Gasteiger partial charge on any atom is -0.497 e. The van der Waals surface area contributed by atoms with E-state index in [9.17, 15) is 4.79 Å². The highest BCUT2D eigenvalue weighted by Gasteiger charge is 2.42. The number of methoxy groups -OCH3 is 1. The lowest BCUT2D eigenvalue weighted by Gasteiger charge is -2.46. The van der Waals surface area contributed by atoms with Crippen LogP contribution >= 0.6 is 0 Å². The Labute approximate surface area is 175 Å². The average Bonchev–Trinajstić information content (AvgIpc) is 2.72. The molecular weight excluding hydrogens is 360 g/mol. The predicted molar refractivity (Wildman–Crippen MR) is 119 cm³/mol. The number of anilines is 1. The minimum absolute atomic E-state index is 0.0450. The number of carbonyl (C=O) groups is 1. The largest absolute Gasteiger partial charge is 0.497 e. The van der Waals surface area contributed by atoms with Crippen LogP contribution in [0.2, 0.25) is 0 Å². The summed E-state index contributed by atoms with van der Waals surface area (Å²) in [5.41, 5.74) is 4.48. The van der Waals surface area contributed by atoms with Gasteiger partial charge in [-0.3, -0.25) is 4.79 Å². The lowest BCUT2D eigenvalue weighted by molar-refractivity contribution is -0.959. The Morgan fingerprint density at radius 3 is 2.21 bits per heavy atom. The van der Waals surface area contributed by atoms with Crippen molar-refractivity contribution in [1.82, 2.24) is 0 Å². The molecule has 0 aromatic heterocycles. The summed E-state index contributed by atoms with van der Waals surface area (Å²) in [4.78, 5) is 13.5. The number of nitrogens with one attached hydrogen (secondary N) is 1. The van der Waals surface area contributed by atoms with Crippen LogP contribution in [0.4, 0.5) is 5.69 Å². The Kier molecular flexibility index (Phi) is 6.96. The van der Waals surface area contributed by atoms with Crippen LogP contribution in [0.25, 0.3) is 0 Å². The van der Waals surface area contributed by atoms with Crippen molar-refractivity contribution in [3.63, 3.8) is 0 Å². The van der Waals surface area contributed by atoms with Gasteiger partial charge in [-0.15, -0.1) is 0 Å². The van der Waals surface area contributed by atoms with E-state index in [1.807, 2.05) is 18.2 Å². The summed E-state index contributed by atoms with van der Waals surface area (Å²) in [6.45, 7) is 9.29. The third-order valence-electron chi connectivity index (χ3n) is 6.44. The molecule has 0 spiro atoms. The van der Waals surface area contributed by atoms with Crippen LogP contribution in [0.3, 0.4) is 0 Å². The molecule has 1 unspecified atom stereocenters. The predicted octanol–water partition coefficient (Wildman–Crippen LogP) is 5.23. The highest BCUT2D eigenvalue weighted by molar-refractivity contribution is 5.95.